The van der Waals surface area contributed by atoms with E-state index in [1.54, 1.807) is 12.4 Å². The fourth-order valence-electron chi connectivity index (χ4n) is 3.07. The molecular formula is C16H22N6O. The van der Waals surface area contributed by atoms with Crippen molar-refractivity contribution in [3.8, 4) is 0 Å². The number of imidazole rings is 1. The summed E-state index contributed by atoms with van der Waals surface area (Å²) in [5.41, 5.74) is 1.31. The van der Waals surface area contributed by atoms with Gasteiger partial charge < -0.3 is 9.88 Å². The molecule has 0 spiro atoms. The summed E-state index contributed by atoms with van der Waals surface area (Å²) in [6.07, 6.45) is 5.21. The van der Waals surface area contributed by atoms with Gasteiger partial charge in [-0.1, -0.05) is 6.92 Å². The number of likely N-dealkylation sites (N-methyl/N-ethyl adjacent to an activating group) is 1. The normalized spacial score (nSPS) is 19.1. The Bertz CT molecular complexity index is 684. The zero-order valence-electron chi connectivity index (χ0n) is 13.8. The minimum atomic E-state index is -0.00481. The second-order valence-electron chi connectivity index (χ2n) is 5.79. The molecule has 23 heavy (non-hydrogen) atoms. The molecule has 3 heterocycles. The SMILES string of the molecule is CCN1CCN(C(=O)c2cnc(C)nc2C)CC1c1ncc[nH]1. The van der Waals surface area contributed by atoms with Gasteiger partial charge in [-0.15, -0.1) is 0 Å². The highest BCUT2D eigenvalue weighted by atomic mass is 16.2. The number of nitrogens with zero attached hydrogens (tertiary/aromatic N) is 5. The smallest absolute Gasteiger partial charge is 0.257 e. The Morgan fingerprint density at radius 3 is 2.83 bits per heavy atom. The highest BCUT2D eigenvalue weighted by Gasteiger charge is 2.32. The molecule has 0 radical (unpaired) electrons. The summed E-state index contributed by atoms with van der Waals surface area (Å²) < 4.78 is 0. The van der Waals surface area contributed by atoms with Crippen molar-refractivity contribution in [2.45, 2.75) is 26.8 Å². The van der Waals surface area contributed by atoms with Gasteiger partial charge in [0.15, 0.2) is 0 Å². The Balaban J connectivity index is 1.82. The lowest BCUT2D eigenvalue weighted by Crippen LogP contribution is -2.50. The van der Waals surface area contributed by atoms with Gasteiger partial charge in [0.2, 0.25) is 0 Å². The van der Waals surface area contributed by atoms with Gasteiger partial charge in [-0.05, 0) is 20.4 Å². The summed E-state index contributed by atoms with van der Waals surface area (Å²) >= 11 is 0. The van der Waals surface area contributed by atoms with Crippen LogP contribution in [0, 0.1) is 13.8 Å². The van der Waals surface area contributed by atoms with Crippen LogP contribution in [0.15, 0.2) is 18.6 Å². The average Bonchev–Trinajstić information content (AvgIpc) is 3.08. The molecule has 2 aromatic rings. The first kappa shape index (κ1) is 15.6. The van der Waals surface area contributed by atoms with E-state index in [1.807, 2.05) is 24.9 Å². The topological polar surface area (TPSA) is 78.0 Å². The van der Waals surface area contributed by atoms with Crippen LogP contribution in [-0.2, 0) is 0 Å². The Morgan fingerprint density at radius 1 is 1.35 bits per heavy atom. The zero-order valence-corrected chi connectivity index (χ0v) is 13.8. The lowest BCUT2D eigenvalue weighted by molar-refractivity contribution is 0.0478. The second kappa shape index (κ2) is 6.45. The number of aromatic nitrogens is 4. The van der Waals surface area contributed by atoms with Crippen molar-refractivity contribution in [1.29, 1.82) is 0 Å². The first-order chi connectivity index (χ1) is 11.1. The van der Waals surface area contributed by atoms with E-state index in [1.165, 1.54) is 0 Å². The number of aromatic amines is 1. The van der Waals surface area contributed by atoms with Crippen molar-refractivity contribution in [2.24, 2.45) is 0 Å². The number of carbonyl (C=O) groups excluding carboxylic acids is 1. The first-order valence-electron chi connectivity index (χ1n) is 7.93. The third-order valence-corrected chi connectivity index (χ3v) is 4.35. The molecule has 1 N–H and O–H groups in total. The predicted octanol–water partition coefficient (Wildman–Crippen LogP) is 1.34. The molecule has 122 valence electrons. The van der Waals surface area contributed by atoms with Crippen LogP contribution in [-0.4, -0.2) is 61.8 Å². The number of nitrogens with one attached hydrogen (secondary N) is 1. The van der Waals surface area contributed by atoms with Crippen LogP contribution in [0.25, 0.3) is 0 Å². The molecule has 1 fully saturated rings. The summed E-state index contributed by atoms with van der Waals surface area (Å²) in [7, 11) is 0. The van der Waals surface area contributed by atoms with Crippen LogP contribution < -0.4 is 0 Å². The van der Waals surface area contributed by atoms with Gasteiger partial charge in [-0.25, -0.2) is 15.0 Å². The molecule has 1 amide bonds. The fraction of sp³-hybridized carbons (Fsp3) is 0.500. The van der Waals surface area contributed by atoms with Crippen LogP contribution in [0.3, 0.4) is 0 Å². The van der Waals surface area contributed by atoms with Crippen molar-refractivity contribution in [1.82, 2.24) is 29.7 Å². The molecule has 1 saturated heterocycles. The summed E-state index contributed by atoms with van der Waals surface area (Å²) in [6, 6.07) is 0.0966. The lowest BCUT2D eigenvalue weighted by atomic mass is 10.1. The fourth-order valence-corrected chi connectivity index (χ4v) is 3.07. The van der Waals surface area contributed by atoms with E-state index in [9.17, 15) is 4.79 Å². The largest absolute Gasteiger partial charge is 0.347 e. The molecule has 2 aromatic heterocycles. The molecule has 7 nitrogen and oxygen atoms in total. The number of H-pyrrole nitrogens is 1. The quantitative estimate of drug-likeness (QED) is 0.925. The number of aryl methyl sites for hydroxylation is 2. The van der Waals surface area contributed by atoms with Gasteiger partial charge >= 0.3 is 0 Å². The van der Waals surface area contributed by atoms with Crippen LogP contribution in [0.5, 0.6) is 0 Å². The molecule has 0 saturated carbocycles. The number of hydrogen-bond acceptors (Lipinski definition) is 5. The van der Waals surface area contributed by atoms with E-state index in [2.05, 4.69) is 31.8 Å². The highest BCUT2D eigenvalue weighted by molar-refractivity contribution is 5.95. The molecule has 1 aliphatic heterocycles. The molecule has 0 bridgehead atoms. The van der Waals surface area contributed by atoms with E-state index in [4.69, 9.17) is 0 Å². The van der Waals surface area contributed by atoms with E-state index in [0.717, 1.165) is 24.6 Å². The van der Waals surface area contributed by atoms with Gasteiger partial charge in [0, 0.05) is 38.2 Å². The van der Waals surface area contributed by atoms with E-state index < -0.39 is 0 Å². The Hall–Kier alpha value is -2.28. The van der Waals surface area contributed by atoms with Gasteiger partial charge in [0.25, 0.3) is 5.91 Å². The van der Waals surface area contributed by atoms with E-state index >= 15 is 0 Å². The summed E-state index contributed by atoms with van der Waals surface area (Å²) in [6.45, 7) is 8.90. The Kier molecular flexibility index (Phi) is 4.38. The third kappa shape index (κ3) is 3.10. The van der Waals surface area contributed by atoms with Gasteiger partial charge in [0.05, 0.1) is 17.3 Å². The summed E-state index contributed by atoms with van der Waals surface area (Å²) in [5.74, 6) is 1.58. The second-order valence-corrected chi connectivity index (χ2v) is 5.79. The average molecular weight is 314 g/mol. The number of carbonyl (C=O) groups is 1. The van der Waals surface area contributed by atoms with Crippen molar-refractivity contribution in [3.63, 3.8) is 0 Å². The Labute approximate surface area is 135 Å². The van der Waals surface area contributed by atoms with E-state index in [0.29, 0.717) is 24.5 Å². The van der Waals surface area contributed by atoms with Crippen LogP contribution in [0.2, 0.25) is 0 Å². The number of hydrogen-bond donors (Lipinski definition) is 1. The molecule has 1 aliphatic rings. The number of rotatable bonds is 3. The van der Waals surface area contributed by atoms with Crippen molar-refractivity contribution in [2.75, 3.05) is 26.2 Å². The minimum Gasteiger partial charge on any atom is -0.347 e. The maximum absolute atomic E-state index is 12.8. The molecule has 1 unspecified atom stereocenters. The molecular weight excluding hydrogens is 292 g/mol. The maximum atomic E-state index is 12.8. The van der Waals surface area contributed by atoms with Crippen LogP contribution in [0.1, 0.15) is 40.7 Å². The first-order valence-corrected chi connectivity index (χ1v) is 7.93. The van der Waals surface area contributed by atoms with Crippen molar-refractivity contribution < 1.29 is 4.79 Å². The number of amides is 1. The highest BCUT2D eigenvalue weighted by Crippen LogP contribution is 2.23. The van der Waals surface area contributed by atoms with Crippen molar-refractivity contribution in [3.05, 3.63) is 41.5 Å². The van der Waals surface area contributed by atoms with Crippen LogP contribution in [0.4, 0.5) is 0 Å². The molecule has 0 aliphatic carbocycles. The Morgan fingerprint density at radius 2 is 2.17 bits per heavy atom. The zero-order chi connectivity index (χ0) is 16.4. The number of piperazine rings is 1. The lowest BCUT2D eigenvalue weighted by Gasteiger charge is -2.40. The summed E-state index contributed by atoms with van der Waals surface area (Å²) in [4.78, 5) is 33.1. The molecule has 0 aromatic carbocycles. The van der Waals surface area contributed by atoms with Gasteiger partial charge in [-0.2, -0.15) is 0 Å². The standard InChI is InChI=1S/C16H22N6O/c1-4-21-7-8-22(10-14(21)15-17-5-6-18-15)16(23)13-9-19-12(3)20-11(13)2/h5-6,9,14H,4,7-8,10H2,1-3H3,(H,17,18). The van der Waals surface area contributed by atoms with Crippen LogP contribution >= 0.6 is 0 Å². The van der Waals surface area contributed by atoms with Gasteiger partial charge in [0.1, 0.15) is 11.6 Å². The molecule has 7 heteroatoms. The third-order valence-electron chi connectivity index (χ3n) is 4.35. The minimum absolute atomic E-state index is 0.00481. The van der Waals surface area contributed by atoms with Gasteiger partial charge in [-0.3, -0.25) is 9.69 Å². The molecule has 1 atom stereocenters. The van der Waals surface area contributed by atoms with E-state index in [-0.39, 0.29) is 11.9 Å². The summed E-state index contributed by atoms with van der Waals surface area (Å²) in [5, 5.41) is 0. The monoisotopic (exact) mass is 314 g/mol. The maximum Gasteiger partial charge on any atom is 0.257 e. The van der Waals surface area contributed by atoms with Crippen molar-refractivity contribution >= 4 is 5.91 Å². The predicted molar refractivity (Wildman–Crippen MR) is 86.0 cm³/mol. The molecule has 3 rings (SSSR count).